The Kier molecular flexibility index (Phi) is 36.6. The number of aliphatic carboxylic acids is 1. The van der Waals surface area contributed by atoms with E-state index in [4.69, 9.17) is 9.84 Å². The zero-order chi connectivity index (χ0) is 35.9. The molecule has 1 amide bonds. The largest absolute Gasteiger partial charge is 0.480 e. The molecule has 0 heterocycles. The number of rotatable bonds is 37. The second kappa shape index (κ2) is 38.4. The molecular formula is C43H77NO5. The minimum absolute atomic E-state index is 0.0874. The number of amides is 1. The first kappa shape index (κ1) is 46.6. The van der Waals surface area contributed by atoms with E-state index < -0.39 is 5.97 Å². The van der Waals surface area contributed by atoms with Gasteiger partial charge in [0.2, 0.25) is 5.91 Å². The van der Waals surface area contributed by atoms with Crippen LogP contribution in [0.5, 0.6) is 0 Å². The molecule has 2 N–H and O–H groups in total. The van der Waals surface area contributed by atoms with Crippen LogP contribution in [0.25, 0.3) is 0 Å². The van der Waals surface area contributed by atoms with Crippen molar-refractivity contribution < 1.29 is 24.2 Å². The Morgan fingerprint density at radius 2 is 1.00 bits per heavy atom. The van der Waals surface area contributed by atoms with Crippen LogP contribution in [0.2, 0.25) is 0 Å². The van der Waals surface area contributed by atoms with Gasteiger partial charge in [0.1, 0.15) is 12.6 Å². The van der Waals surface area contributed by atoms with E-state index in [0.29, 0.717) is 12.8 Å². The Labute approximate surface area is 302 Å². The lowest BCUT2D eigenvalue weighted by atomic mass is 10.1. The highest BCUT2D eigenvalue weighted by Crippen LogP contribution is 2.16. The van der Waals surface area contributed by atoms with Crippen molar-refractivity contribution in [2.24, 2.45) is 0 Å². The normalized spacial score (nSPS) is 12.4. The zero-order valence-electron chi connectivity index (χ0n) is 32.0. The highest BCUT2D eigenvalue weighted by atomic mass is 16.5. The fourth-order valence-corrected chi connectivity index (χ4v) is 5.92. The van der Waals surface area contributed by atoms with Gasteiger partial charge in [-0.15, -0.1) is 0 Å². The molecule has 0 saturated carbocycles. The number of unbranched alkanes of at least 4 members (excludes halogenated alkanes) is 22. The molecule has 284 valence electrons. The van der Waals surface area contributed by atoms with Crippen LogP contribution in [0.3, 0.4) is 0 Å². The van der Waals surface area contributed by atoms with E-state index in [1.807, 2.05) is 0 Å². The molecule has 0 aromatic carbocycles. The topological polar surface area (TPSA) is 92.7 Å². The SMILES string of the molecule is CCCCCCC/C=C\C/C=C\CCCCCCCCCCCC(=O)OC(/C=C\CCCCCCC)CCCCCCC(=O)NCC(=O)O. The molecule has 0 aromatic heterocycles. The molecule has 0 spiro atoms. The summed E-state index contributed by atoms with van der Waals surface area (Å²) in [6, 6.07) is 0. The Bertz CT molecular complexity index is 849. The van der Waals surface area contributed by atoms with Gasteiger partial charge in [0.05, 0.1) is 0 Å². The second-order valence-corrected chi connectivity index (χ2v) is 13.9. The molecule has 6 nitrogen and oxygen atoms in total. The number of carbonyl (C=O) groups excluding carboxylic acids is 2. The van der Waals surface area contributed by atoms with Crippen LogP contribution in [0.1, 0.15) is 206 Å². The van der Waals surface area contributed by atoms with Crippen molar-refractivity contribution >= 4 is 17.8 Å². The fraction of sp³-hybridized carbons (Fsp3) is 0.791. The van der Waals surface area contributed by atoms with Crippen molar-refractivity contribution in [3.05, 3.63) is 36.5 Å². The minimum atomic E-state index is -1.03. The Hall–Kier alpha value is -2.37. The molecule has 0 bridgehead atoms. The number of hydrogen-bond acceptors (Lipinski definition) is 4. The molecule has 0 aliphatic rings. The average Bonchev–Trinajstić information content (AvgIpc) is 3.08. The number of carbonyl (C=O) groups is 3. The van der Waals surface area contributed by atoms with Crippen molar-refractivity contribution in [1.82, 2.24) is 5.32 Å². The number of carboxylic acid groups (broad SMARTS) is 1. The highest BCUT2D eigenvalue weighted by Gasteiger charge is 2.12. The van der Waals surface area contributed by atoms with E-state index in [9.17, 15) is 14.4 Å². The first-order valence-electron chi connectivity index (χ1n) is 20.6. The van der Waals surface area contributed by atoms with Gasteiger partial charge >= 0.3 is 11.9 Å². The number of ether oxygens (including phenoxy) is 1. The summed E-state index contributed by atoms with van der Waals surface area (Å²) in [7, 11) is 0. The number of nitrogens with one attached hydrogen (secondary N) is 1. The molecule has 6 heteroatoms. The van der Waals surface area contributed by atoms with E-state index in [0.717, 1.165) is 57.8 Å². The average molecular weight is 688 g/mol. The van der Waals surface area contributed by atoms with Crippen molar-refractivity contribution in [2.75, 3.05) is 6.54 Å². The highest BCUT2D eigenvalue weighted by molar-refractivity contribution is 5.80. The molecule has 0 rings (SSSR count). The summed E-state index contributed by atoms with van der Waals surface area (Å²) in [4.78, 5) is 34.9. The molecule has 1 atom stereocenters. The molecule has 0 aliphatic carbocycles. The number of hydrogen-bond donors (Lipinski definition) is 2. The summed E-state index contributed by atoms with van der Waals surface area (Å²) in [6.07, 6.45) is 47.2. The first-order chi connectivity index (χ1) is 24.0. The van der Waals surface area contributed by atoms with Crippen LogP contribution in [-0.2, 0) is 19.1 Å². The fourth-order valence-electron chi connectivity index (χ4n) is 5.92. The van der Waals surface area contributed by atoms with Gasteiger partial charge in [-0.25, -0.2) is 0 Å². The molecular weight excluding hydrogens is 610 g/mol. The third kappa shape index (κ3) is 38.3. The molecule has 1 unspecified atom stereocenters. The van der Waals surface area contributed by atoms with Gasteiger partial charge in [-0.2, -0.15) is 0 Å². The molecule has 49 heavy (non-hydrogen) atoms. The third-order valence-corrected chi connectivity index (χ3v) is 9.02. The van der Waals surface area contributed by atoms with Crippen LogP contribution < -0.4 is 5.32 Å². The Morgan fingerprint density at radius 1 is 0.551 bits per heavy atom. The van der Waals surface area contributed by atoms with Crippen molar-refractivity contribution in [2.45, 2.75) is 213 Å². The maximum atomic E-state index is 12.6. The van der Waals surface area contributed by atoms with Gasteiger partial charge < -0.3 is 15.2 Å². The van der Waals surface area contributed by atoms with Crippen LogP contribution in [0.15, 0.2) is 36.5 Å². The Morgan fingerprint density at radius 3 is 1.53 bits per heavy atom. The summed E-state index contributed by atoms with van der Waals surface area (Å²) in [6.45, 7) is 4.17. The molecule has 0 aromatic rings. The molecule has 0 aliphatic heterocycles. The van der Waals surface area contributed by atoms with Gasteiger partial charge in [-0.05, 0) is 76.7 Å². The Balaban J connectivity index is 3.98. The van der Waals surface area contributed by atoms with Gasteiger partial charge in [-0.1, -0.05) is 153 Å². The zero-order valence-corrected chi connectivity index (χ0v) is 32.0. The predicted molar refractivity (Wildman–Crippen MR) is 208 cm³/mol. The smallest absolute Gasteiger partial charge is 0.322 e. The number of allylic oxidation sites excluding steroid dienone is 5. The van der Waals surface area contributed by atoms with Crippen molar-refractivity contribution in [1.29, 1.82) is 0 Å². The van der Waals surface area contributed by atoms with Gasteiger partial charge in [0.25, 0.3) is 0 Å². The summed E-state index contributed by atoms with van der Waals surface area (Å²) in [5, 5.41) is 11.1. The predicted octanol–water partition coefficient (Wildman–Crippen LogP) is 12.5. The van der Waals surface area contributed by atoms with E-state index in [2.05, 4.69) is 55.6 Å². The maximum Gasteiger partial charge on any atom is 0.322 e. The molecule has 0 fully saturated rings. The van der Waals surface area contributed by atoms with Crippen molar-refractivity contribution in [3.8, 4) is 0 Å². The summed E-state index contributed by atoms with van der Waals surface area (Å²) < 4.78 is 5.89. The van der Waals surface area contributed by atoms with Crippen LogP contribution >= 0.6 is 0 Å². The van der Waals surface area contributed by atoms with Gasteiger partial charge in [0, 0.05) is 12.8 Å². The number of esters is 1. The summed E-state index contributed by atoms with van der Waals surface area (Å²) in [5.74, 6) is -1.33. The van der Waals surface area contributed by atoms with Crippen LogP contribution in [0, 0.1) is 0 Å². The lowest BCUT2D eigenvalue weighted by Crippen LogP contribution is -2.28. The molecule has 0 radical (unpaired) electrons. The minimum Gasteiger partial charge on any atom is -0.480 e. The second-order valence-electron chi connectivity index (χ2n) is 13.9. The van der Waals surface area contributed by atoms with E-state index >= 15 is 0 Å². The summed E-state index contributed by atoms with van der Waals surface area (Å²) >= 11 is 0. The third-order valence-electron chi connectivity index (χ3n) is 9.02. The van der Waals surface area contributed by atoms with E-state index in [-0.39, 0.29) is 24.5 Å². The van der Waals surface area contributed by atoms with Crippen molar-refractivity contribution in [3.63, 3.8) is 0 Å². The first-order valence-corrected chi connectivity index (χ1v) is 20.6. The maximum absolute atomic E-state index is 12.6. The van der Waals surface area contributed by atoms with E-state index in [1.54, 1.807) is 0 Å². The van der Waals surface area contributed by atoms with Gasteiger partial charge in [-0.3, -0.25) is 14.4 Å². The van der Waals surface area contributed by atoms with Gasteiger partial charge in [0.15, 0.2) is 0 Å². The number of carboxylic acids is 1. The lowest BCUT2D eigenvalue weighted by molar-refractivity contribution is -0.147. The quantitative estimate of drug-likeness (QED) is 0.0385. The standard InChI is InChI=1S/C43H77NO5/c1-3-5-7-9-11-12-13-14-15-16-17-18-19-20-21-22-23-24-26-28-34-38-43(48)49-40(35-31-27-25-10-8-6-4-2)36-32-29-30-33-37-41(45)44-39-42(46)47/h13-14,16-17,31,35,40H,3-12,15,18-30,32-34,36-39H2,1-2H3,(H,44,45)(H,46,47)/b14-13-,17-16-,35-31-. The summed E-state index contributed by atoms with van der Waals surface area (Å²) in [5.41, 5.74) is 0. The van der Waals surface area contributed by atoms with E-state index in [1.165, 1.54) is 122 Å². The van der Waals surface area contributed by atoms with Crippen LogP contribution in [0.4, 0.5) is 0 Å². The van der Waals surface area contributed by atoms with Crippen LogP contribution in [-0.4, -0.2) is 35.6 Å². The molecule has 0 saturated heterocycles. The monoisotopic (exact) mass is 688 g/mol. The lowest BCUT2D eigenvalue weighted by Gasteiger charge is -2.15.